The predicted octanol–water partition coefficient (Wildman–Crippen LogP) is 6.50. The molecule has 6 heteroatoms. The van der Waals surface area contributed by atoms with Crippen LogP contribution in [0.25, 0.3) is 0 Å². The zero-order valence-corrected chi connectivity index (χ0v) is 18.0. The number of thioether (sulfide) groups is 1. The summed E-state index contributed by atoms with van der Waals surface area (Å²) >= 11 is 13.4. The highest BCUT2D eigenvalue weighted by molar-refractivity contribution is 8.14. The van der Waals surface area contributed by atoms with Gasteiger partial charge in [-0.05, 0) is 61.0 Å². The van der Waals surface area contributed by atoms with E-state index in [1.165, 1.54) is 18.4 Å². The summed E-state index contributed by atoms with van der Waals surface area (Å²) in [4.78, 5) is 6.91. The van der Waals surface area contributed by atoms with Gasteiger partial charge in [0, 0.05) is 22.5 Å². The SMILES string of the molecule is CCCCc1ccc(N=C2SC(C)CN2C(=S)Nc2cccc(Cl)c2)cc1. The monoisotopic (exact) mass is 417 g/mol. The van der Waals surface area contributed by atoms with Crippen LogP contribution in [0.15, 0.2) is 53.5 Å². The second-order valence-electron chi connectivity index (χ2n) is 6.64. The number of benzene rings is 2. The van der Waals surface area contributed by atoms with Crippen LogP contribution in [0.3, 0.4) is 0 Å². The lowest BCUT2D eigenvalue weighted by molar-refractivity contribution is 0.641. The van der Waals surface area contributed by atoms with Crippen molar-refractivity contribution in [3.05, 3.63) is 59.1 Å². The van der Waals surface area contributed by atoms with Crippen LogP contribution in [0.4, 0.5) is 11.4 Å². The van der Waals surface area contributed by atoms with Crippen LogP contribution >= 0.6 is 35.6 Å². The summed E-state index contributed by atoms with van der Waals surface area (Å²) in [5.41, 5.74) is 3.21. The fourth-order valence-electron chi connectivity index (χ4n) is 2.86. The minimum atomic E-state index is 0.437. The van der Waals surface area contributed by atoms with E-state index in [0.717, 1.165) is 29.5 Å². The van der Waals surface area contributed by atoms with E-state index < -0.39 is 0 Å². The summed E-state index contributed by atoms with van der Waals surface area (Å²) < 4.78 is 0. The van der Waals surface area contributed by atoms with E-state index in [2.05, 4.69) is 48.3 Å². The number of nitrogens with zero attached hydrogens (tertiary/aromatic N) is 2. The normalized spacial score (nSPS) is 18.1. The number of hydrogen-bond acceptors (Lipinski definition) is 3. The van der Waals surface area contributed by atoms with Crippen molar-refractivity contribution in [3.8, 4) is 0 Å². The maximum Gasteiger partial charge on any atom is 0.179 e. The third-order valence-electron chi connectivity index (χ3n) is 4.28. The standard InChI is InChI=1S/C21H24ClN3S2/c1-3-4-6-16-9-11-18(12-10-16)24-21-25(14-15(2)27-21)20(26)23-19-8-5-7-17(22)13-19/h5,7-13,15H,3-4,6,14H2,1-2H3,(H,23,26). The highest BCUT2D eigenvalue weighted by atomic mass is 35.5. The summed E-state index contributed by atoms with van der Waals surface area (Å²) in [6, 6.07) is 16.1. The molecule has 0 aliphatic carbocycles. The molecule has 1 aliphatic heterocycles. The van der Waals surface area contributed by atoms with Gasteiger partial charge in [-0.15, -0.1) is 0 Å². The van der Waals surface area contributed by atoms with E-state index in [4.69, 9.17) is 28.8 Å². The van der Waals surface area contributed by atoms with E-state index in [9.17, 15) is 0 Å². The number of halogens is 1. The predicted molar refractivity (Wildman–Crippen MR) is 124 cm³/mol. The second-order valence-corrected chi connectivity index (χ2v) is 8.87. The molecule has 1 saturated heterocycles. The van der Waals surface area contributed by atoms with Gasteiger partial charge in [-0.25, -0.2) is 4.99 Å². The summed E-state index contributed by atoms with van der Waals surface area (Å²) in [6.45, 7) is 5.24. The van der Waals surface area contributed by atoms with Gasteiger partial charge in [-0.2, -0.15) is 0 Å². The first-order chi connectivity index (χ1) is 13.0. The molecule has 27 heavy (non-hydrogen) atoms. The molecule has 1 fully saturated rings. The molecule has 0 bridgehead atoms. The van der Waals surface area contributed by atoms with Crippen molar-refractivity contribution >= 4 is 57.2 Å². The Morgan fingerprint density at radius 2 is 2.07 bits per heavy atom. The molecule has 0 saturated carbocycles. The van der Waals surface area contributed by atoms with Gasteiger partial charge in [0.2, 0.25) is 0 Å². The quantitative estimate of drug-likeness (QED) is 0.561. The summed E-state index contributed by atoms with van der Waals surface area (Å²) in [5, 5.41) is 5.97. The van der Waals surface area contributed by atoms with E-state index in [-0.39, 0.29) is 0 Å². The summed E-state index contributed by atoms with van der Waals surface area (Å²) in [7, 11) is 0. The number of thiocarbonyl (C=S) groups is 1. The Morgan fingerprint density at radius 3 is 2.78 bits per heavy atom. The second kappa shape index (κ2) is 9.58. The molecular formula is C21H24ClN3S2. The number of aryl methyl sites for hydroxylation is 1. The van der Waals surface area contributed by atoms with Crippen LogP contribution in [-0.4, -0.2) is 27.0 Å². The van der Waals surface area contributed by atoms with Crippen molar-refractivity contribution in [2.75, 3.05) is 11.9 Å². The molecule has 2 aromatic carbocycles. The van der Waals surface area contributed by atoms with Crippen molar-refractivity contribution in [1.29, 1.82) is 0 Å². The van der Waals surface area contributed by atoms with Gasteiger partial charge >= 0.3 is 0 Å². The molecule has 1 unspecified atom stereocenters. The number of rotatable bonds is 5. The Bertz CT molecular complexity index is 820. The lowest BCUT2D eigenvalue weighted by Crippen LogP contribution is -2.36. The van der Waals surface area contributed by atoms with Gasteiger partial charge in [0.15, 0.2) is 10.3 Å². The Hall–Kier alpha value is -1.56. The van der Waals surface area contributed by atoms with Crippen molar-refractivity contribution in [1.82, 2.24) is 4.90 Å². The number of hydrogen-bond donors (Lipinski definition) is 1. The smallest absolute Gasteiger partial charge is 0.179 e. The van der Waals surface area contributed by atoms with Gasteiger partial charge in [-0.1, -0.05) is 61.8 Å². The number of unbranched alkanes of at least 4 members (excludes halogenated alkanes) is 1. The molecule has 3 rings (SSSR count). The zero-order chi connectivity index (χ0) is 19.2. The third-order valence-corrected chi connectivity index (χ3v) is 5.91. The molecule has 1 aliphatic rings. The number of amidine groups is 1. The highest BCUT2D eigenvalue weighted by Gasteiger charge is 2.28. The van der Waals surface area contributed by atoms with Crippen molar-refractivity contribution in [3.63, 3.8) is 0 Å². The number of aliphatic imine (C=N–C) groups is 1. The molecule has 1 heterocycles. The lowest BCUT2D eigenvalue weighted by atomic mass is 10.1. The molecule has 0 spiro atoms. The van der Waals surface area contributed by atoms with E-state index in [1.54, 1.807) is 11.8 Å². The van der Waals surface area contributed by atoms with Gasteiger partial charge in [0.1, 0.15) is 0 Å². The van der Waals surface area contributed by atoms with Crippen molar-refractivity contribution in [2.24, 2.45) is 4.99 Å². The maximum absolute atomic E-state index is 6.07. The number of nitrogens with one attached hydrogen (secondary N) is 1. The minimum absolute atomic E-state index is 0.437. The molecule has 1 atom stereocenters. The van der Waals surface area contributed by atoms with Gasteiger partial charge in [0.05, 0.1) is 5.69 Å². The Kier molecular flexibility index (Phi) is 7.16. The van der Waals surface area contributed by atoms with Crippen molar-refractivity contribution < 1.29 is 0 Å². The molecule has 2 aromatic rings. The molecular weight excluding hydrogens is 394 g/mol. The first-order valence-electron chi connectivity index (χ1n) is 9.23. The summed E-state index contributed by atoms with van der Waals surface area (Å²) in [5.74, 6) is 0. The van der Waals surface area contributed by atoms with Crippen molar-refractivity contribution in [2.45, 2.75) is 38.4 Å². The minimum Gasteiger partial charge on any atom is -0.332 e. The fraction of sp³-hybridized carbons (Fsp3) is 0.333. The largest absolute Gasteiger partial charge is 0.332 e. The van der Waals surface area contributed by atoms with E-state index in [0.29, 0.717) is 15.4 Å². The average molecular weight is 418 g/mol. The zero-order valence-electron chi connectivity index (χ0n) is 15.6. The van der Waals surface area contributed by atoms with E-state index in [1.807, 2.05) is 24.3 Å². The van der Waals surface area contributed by atoms with Gasteiger partial charge in [-0.3, -0.25) is 4.90 Å². The Labute approximate surface area is 176 Å². The van der Waals surface area contributed by atoms with Crippen LogP contribution in [0.2, 0.25) is 5.02 Å². The molecule has 0 aromatic heterocycles. The van der Waals surface area contributed by atoms with Crippen LogP contribution < -0.4 is 5.32 Å². The lowest BCUT2D eigenvalue weighted by Gasteiger charge is -2.20. The highest BCUT2D eigenvalue weighted by Crippen LogP contribution is 2.29. The average Bonchev–Trinajstić information content (AvgIpc) is 3.01. The van der Waals surface area contributed by atoms with Crippen LogP contribution in [0.5, 0.6) is 0 Å². The third kappa shape index (κ3) is 5.71. The van der Waals surface area contributed by atoms with E-state index >= 15 is 0 Å². The first kappa shape index (κ1) is 20.2. The van der Waals surface area contributed by atoms with Crippen LogP contribution in [0.1, 0.15) is 32.3 Å². The summed E-state index contributed by atoms with van der Waals surface area (Å²) in [6.07, 6.45) is 3.56. The topological polar surface area (TPSA) is 27.6 Å². The molecule has 142 valence electrons. The van der Waals surface area contributed by atoms with Crippen LogP contribution in [-0.2, 0) is 6.42 Å². The molecule has 0 amide bonds. The first-order valence-corrected chi connectivity index (χ1v) is 10.9. The number of anilines is 1. The molecule has 3 nitrogen and oxygen atoms in total. The van der Waals surface area contributed by atoms with Gasteiger partial charge in [0.25, 0.3) is 0 Å². The molecule has 1 N–H and O–H groups in total. The fourth-order valence-corrected chi connectivity index (χ4v) is 4.42. The van der Waals surface area contributed by atoms with Crippen LogP contribution in [0, 0.1) is 0 Å². The Morgan fingerprint density at radius 1 is 1.30 bits per heavy atom. The Balaban J connectivity index is 1.73. The van der Waals surface area contributed by atoms with Gasteiger partial charge < -0.3 is 5.32 Å². The molecule has 0 radical (unpaired) electrons. The maximum atomic E-state index is 6.07.